The van der Waals surface area contributed by atoms with Crippen LogP contribution in [0.3, 0.4) is 0 Å². The second kappa shape index (κ2) is 12.7. The number of aromatic nitrogens is 2. The maximum absolute atomic E-state index is 6.09. The quantitative estimate of drug-likeness (QED) is 0.203. The van der Waals surface area contributed by atoms with Crippen LogP contribution < -0.4 is 10.1 Å². The van der Waals surface area contributed by atoms with E-state index in [1.165, 1.54) is 0 Å². The summed E-state index contributed by atoms with van der Waals surface area (Å²) in [5.41, 5.74) is 4.37. The molecule has 0 aliphatic carbocycles. The van der Waals surface area contributed by atoms with Gasteiger partial charge in [0.2, 0.25) is 5.95 Å². The first-order valence-electron chi connectivity index (χ1n) is 12.2. The molecule has 1 N–H and O–H groups in total. The number of halogens is 2. The number of nitrogens with zero attached hydrogens (tertiary/aromatic N) is 3. The van der Waals surface area contributed by atoms with Gasteiger partial charge in [0, 0.05) is 33.4 Å². The Kier molecular flexibility index (Phi) is 9.17. The molecule has 0 spiro atoms. The van der Waals surface area contributed by atoms with Crippen LogP contribution in [0.15, 0.2) is 78.9 Å². The summed E-state index contributed by atoms with van der Waals surface area (Å²) >= 11 is 12.2. The molecule has 186 valence electrons. The highest BCUT2D eigenvalue weighted by Crippen LogP contribution is 2.28. The highest BCUT2D eigenvalue weighted by molar-refractivity contribution is 6.30. The average Bonchev–Trinajstić information content (AvgIpc) is 2.90. The Bertz CT molecular complexity index is 1180. The van der Waals surface area contributed by atoms with Gasteiger partial charge in [-0.25, -0.2) is 9.97 Å². The Hall–Kier alpha value is -3.12. The Labute approximate surface area is 223 Å². The maximum Gasteiger partial charge on any atom is 0.228 e. The Morgan fingerprint density at radius 3 is 1.78 bits per heavy atom. The van der Waals surface area contributed by atoms with Gasteiger partial charge in [-0.1, -0.05) is 61.3 Å². The van der Waals surface area contributed by atoms with Crippen LogP contribution in [0.4, 0.5) is 11.6 Å². The summed E-state index contributed by atoms with van der Waals surface area (Å²) < 4.78 is 5.92. The second-order valence-electron chi connectivity index (χ2n) is 8.35. The van der Waals surface area contributed by atoms with Crippen LogP contribution in [-0.4, -0.2) is 41.1 Å². The van der Waals surface area contributed by atoms with Crippen molar-refractivity contribution in [3.63, 3.8) is 0 Å². The number of ether oxygens (including phenoxy) is 1. The van der Waals surface area contributed by atoms with Crippen molar-refractivity contribution in [3.8, 4) is 28.3 Å². The molecule has 7 heteroatoms. The predicted octanol–water partition coefficient (Wildman–Crippen LogP) is 7.97. The van der Waals surface area contributed by atoms with Gasteiger partial charge in [0.15, 0.2) is 0 Å². The van der Waals surface area contributed by atoms with Crippen molar-refractivity contribution >= 4 is 34.8 Å². The molecular weight excluding hydrogens is 491 g/mol. The minimum atomic E-state index is 0.500. The molecule has 0 aliphatic rings. The first kappa shape index (κ1) is 26.0. The SMILES string of the molecule is CCN(CC)CCCOc1ccc(Nc2nc(-c3ccc(Cl)cc3)cc(-c3ccc(Cl)cc3)n2)cc1. The molecule has 3 aromatic carbocycles. The fourth-order valence-corrected chi connectivity index (χ4v) is 4.07. The molecule has 1 heterocycles. The number of rotatable bonds is 11. The van der Waals surface area contributed by atoms with E-state index >= 15 is 0 Å². The Morgan fingerprint density at radius 1 is 0.750 bits per heavy atom. The smallest absolute Gasteiger partial charge is 0.228 e. The van der Waals surface area contributed by atoms with Gasteiger partial charge in [0.05, 0.1) is 18.0 Å². The Morgan fingerprint density at radius 2 is 1.28 bits per heavy atom. The molecule has 4 rings (SSSR count). The molecule has 36 heavy (non-hydrogen) atoms. The third kappa shape index (κ3) is 7.20. The van der Waals surface area contributed by atoms with Crippen LogP contribution in [0, 0.1) is 0 Å². The van der Waals surface area contributed by atoms with E-state index in [1.54, 1.807) is 0 Å². The first-order valence-corrected chi connectivity index (χ1v) is 12.9. The van der Waals surface area contributed by atoms with E-state index in [2.05, 4.69) is 24.1 Å². The van der Waals surface area contributed by atoms with E-state index in [9.17, 15) is 0 Å². The molecule has 0 fully saturated rings. The molecule has 0 amide bonds. The van der Waals surface area contributed by atoms with Crippen LogP contribution in [0.5, 0.6) is 5.75 Å². The van der Waals surface area contributed by atoms with Crippen LogP contribution in [-0.2, 0) is 0 Å². The lowest BCUT2D eigenvalue weighted by atomic mass is 10.1. The molecular formula is C29H30Cl2N4O. The van der Waals surface area contributed by atoms with Gasteiger partial charge >= 0.3 is 0 Å². The molecule has 0 bridgehead atoms. The zero-order valence-electron chi connectivity index (χ0n) is 20.5. The monoisotopic (exact) mass is 520 g/mol. The third-order valence-corrected chi connectivity index (χ3v) is 6.40. The molecule has 0 saturated carbocycles. The maximum atomic E-state index is 6.09. The lowest BCUT2D eigenvalue weighted by Gasteiger charge is -2.17. The summed E-state index contributed by atoms with van der Waals surface area (Å²) in [5.74, 6) is 1.35. The second-order valence-corrected chi connectivity index (χ2v) is 9.23. The van der Waals surface area contributed by atoms with Crippen molar-refractivity contribution in [1.82, 2.24) is 14.9 Å². The topological polar surface area (TPSA) is 50.3 Å². The molecule has 0 atom stereocenters. The van der Waals surface area contributed by atoms with Crippen LogP contribution in [0.2, 0.25) is 10.0 Å². The predicted molar refractivity (Wildman–Crippen MR) is 151 cm³/mol. The minimum Gasteiger partial charge on any atom is -0.494 e. The average molecular weight is 521 g/mol. The van der Waals surface area contributed by atoms with Gasteiger partial charge in [0.25, 0.3) is 0 Å². The molecule has 0 saturated heterocycles. The minimum absolute atomic E-state index is 0.500. The van der Waals surface area contributed by atoms with Gasteiger partial charge in [-0.15, -0.1) is 0 Å². The van der Waals surface area contributed by atoms with E-state index in [0.717, 1.165) is 60.0 Å². The van der Waals surface area contributed by atoms with Crippen molar-refractivity contribution in [2.24, 2.45) is 0 Å². The van der Waals surface area contributed by atoms with Crippen LogP contribution in [0.1, 0.15) is 20.3 Å². The largest absolute Gasteiger partial charge is 0.494 e. The lowest BCUT2D eigenvalue weighted by molar-refractivity contribution is 0.249. The summed E-state index contributed by atoms with van der Waals surface area (Å²) in [4.78, 5) is 11.9. The molecule has 0 aliphatic heterocycles. The highest BCUT2D eigenvalue weighted by Gasteiger charge is 2.10. The number of hydrogen-bond acceptors (Lipinski definition) is 5. The highest BCUT2D eigenvalue weighted by atomic mass is 35.5. The van der Waals surface area contributed by atoms with E-state index in [4.69, 9.17) is 37.9 Å². The van der Waals surface area contributed by atoms with Crippen LogP contribution in [0.25, 0.3) is 22.5 Å². The van der Waals surface area contributed by atoms with Crippen molar-refractivity contribution in [1.29, 1.82) is 0 Å². The Balaban J connectivity index is 1.50. The molecule has 1 aromatic heterocycles. The van der Waals surface area contributed by atoms with Gasteiger partial charge < -0.3 is 15.0 Å². The van der Waals surface area contributed by atoms with Crippen molar-refractivity contribution in [2.45, 2.75) is 20.3 Å². The lowest BCUT2D eigenvalue weighted by Crippen LogP contribution is -2.25. The van der Waals surface area contributed by atoms with E-state index < -0.39 is 0 Å². The molecule has 4 aromatic rings. The van der Waals surface area contributed by atoms with E-state index in [-0.39, 0.29) is 0 Å². The molecule has 0 radical (unpaired) electrons. The number of nitrogens with one attached hydrogen (secondary N) is 1. The van der Waals surface area contributed by atoms with E-state index in [0.29, 0.717) is 22.6 Å². The molecule has 0 unspecified atom stereocenters. The number of benzene rings is 3. The summed E-state index contributed by atoms with van der Waals surface area (Å²) in [7, 11) is 0. The zero-order valence-corrected chi connectivity index (χ0v) is 22.1. The van der Waals surface area contributed by atoms with Crippen LogP contribution >= 0.6 is 23.2 Å². The summed E-state index contributed by atoms with van der Waals surface area (Å²) in [6.07, 6.45) is 1.00. The summed E-state index contributed by atoms with van der Waals surface area (Å²) in [6.45, 7) is 8.24. The third-order valence-electron chi connectivity index (χ3n) is 5.90. The van der Waals surface area contributed by atoms with E-state index in [1.807, 2.05) is 78.9 Å². The van der Waals surface area contributed by atoms with Gasteiger partial charge in [-0.2, -0.15) is 0 Å². The first-order chi connectivity index (χ1) is 17.5. The standard InChI is InChI=1S/C29H30Cl2N4O/c1-3-35(4-2)18-5-19-36-26-16-14-25(15-17-26)32-29-33-27(21-6-10-23(30)11-7-21)20-28(34-29)22-8-12-24(31)13-9-22/h6-17,20H,3-5,18-19H2,1-2H3,(H,32,33,34). The summed E-state index contributed by atoms with van der Waals surface area (Å²) in [6, 6.07) is 25.1. The van der Waals surface area contributed by atoms with Crippen molar-refractivity contribution in [2.75, 3.05) is 31.6 Å². The van der Waals surface area contributed by atoms with Gasteiger partial charge in [-0.3, -0.25) is 0 Å². The van der Waals surface area contributed by atoms with Crippen molar-refractivity contribution < 1.29 is 4.74 Å². The number of hydrogen-bond donors (Lipinski definition) is 1. The number of anilines is 2. The van der Waals surface area contributed by atoms with Crippen molar-refractivity contribution in [3.05, 3.63) is 88.9 Å². The van der Waals surface area contributed by atoms with Gasteiger partial charge in [0.1, 0.15) is 5.75 Å². The zero-order chi connectivity index (χ0) is 25.3. The molecule has 5 nitrogen and oxygen atoms in total. The van der Waals surface area contributed by atoms with Gasteiger partial charge in [-0.05, 0) is 74.1 Å². The fraction of sp³-hybridized carbons (Fsp3) is 0.241. The summed E-state index contributed by atoms with van der Waals surface area (Å²) in [5, 5.41) is 4.70. The normalized spacial score (nSPS) is 11.0. The fourth-order valence-electron chi connectivity index (χ4n) is 3.82.